The molecule has 2 aromatic rings. The minimum atomic E-state index is -4.61. The van der Waals surface area contributed by atoms with Gasteiger partial charge in [-0.2, -0.15) is 13.2 Å². The van der Waals surface area contributed by atoms with Crippen LogP contribution in [0.15, 0.2) is 54.6 Å². The summed E-state index contributed by atoms with van der Waals surface area (Å²) in [5.41, 5.74) is -0.0278. The number of benzene rings is 2. The summed E-state index contributed by atoms with van der Waals surface area (Å²) in [5.74, 6) is -1.86. The van der Waals surface area contributed by atoms with E-state index in [1.807, 2.05) is 0 Å². The Morgan fingerprint density at radius 2 is 1.67 bits per heavy atom. The van der Waals surface area contributed by atoms with Crippen LogP contribution in [0, 0.1) is 0 Å². The molecule has 2 amide bonds. The van der Waals surface area contributed by atoms with Crippen molar-refractivity contribution in [2.75, 3.05) is 18.5 Å². The van der Waals surface area contributed by atoms with Crippen LogP contribution in [-0.2, 0) is 15.1 Å². The molecule has 1 fully saturated rings. The monoisotopic (exact) mass is 374 g/mol. The van der Waals surface area contributed by atoms with Crippen molar-refractivity contribution in [1.29, 1.82) is 0 Å². The van der Waals surface area contributed by atoms with Gasteiger partial charge in [0.15, 0.2) is 5.54 Å². The van der Waals surface area contributed by atoms with E-state index >= 15 is 0 Å². The molecule has 1 spiro atoms. The third-order valence-corrected chi connectivity index (χ3v) is 5.46. The molecular weight excluding hydrogens is 357 g/mol. The number of anilines is 1. The SMILES string of the molecule is CN1C(=O)[C@@]2(c3ccccc31)[C@@H](c1ccccc1)CC(=O)N2CC(F)(F)F. The number of para-hydroxylation sites is 1. The molecule has 4 rings (SSSR count). The summed E-state index contributed by atoms with van der Waals surface area (Å²) < 4.78 is 40.0. The van der Waals surface area contributed by atoms with Crippen molar-refractivity contribution in [2.24, 2.45) is 0 Å². The van der Waals surface area contributed by atoms with Crippen LogP contribution in [0.2, 0.25) is 0 Å². The number of nitrogens with zero attached hydrogens (tertiary/aromatic N) is 2. The van der Waals surface area contributed by atoms with Gasteiger partial charge in [0.05, 0.1) is 0 Å². The van der Waals surface area contributed by atoms with Crippen LogP contribution < -0.4 is 4.90 Å². The lowest BCUT2D eigenvalue weighted by Crippen LogP contribution is -2.55. The van der Waals surface area contributed by atoms with E-state index in [0.717, 1.165) is 4.90 Å². The second kappa shape index (κ2) is 5.84. The average Bonchev–Trinajstić information content (AvgIpc) is 3.04. The Bertz CT molecular complexity index is 913. The molecule has 0 N–H and O–H groups in total. The number of amides is 2. The van der Waals surface area contributed by atoms with Gasteiger partial charge in [-0.1, -0.05) is 48.5 Å². The lowest BCUT2D eigenvalue weighted by Gasteiger charge is -2.38. The van der Waals surface area contributed by atoms with E-state index in [0.29, 0.717) is 16.8 Å². The lowest BCUT2D eigenvalue weighted by atomic mass is 9.75. The fourth-order valence-electron chi connectivity index (χ4n) is 4.42. The average molecular weight is 374 g/mol. The molecule has 0 aromatic heterocycles. The van der Waals surface area contributed by atoms with E-state index in [-0.39, 0.29) is 6.42 Å². The minimum Gasteiger partial charge on any atom is -0.314 e. The lowest BCUT2D eigenvalue weighted by molar-refractivity contribution is -0.170. The molecule has 2 aromatic carbocycles. The quantitative estimate of drug-likeness (QED) is 0.808. The first kappa shape index (κ1) is 17.6. The Kier molecular flexibility index (Phi) is 3.80. The van der Waals surface area contributed by atoms with Crippen LogP contribution >= 0.6 is 0 Å². The van der Waals surface area contributed by atoms with Crippen LogP contribution in [0.3, 0.4) is 0 Å². The maximum atomic E-state index is 13.4. The number of rotatable bonds is 2. The smallest absolute Gasteiger partial charge is 0.314 e. The zero-order chi connectivity index (χ0) is 19.4. The van der Waals surface area contributed by atoms with Crippen molar-refractivity contribution in [3.05, 3.63) is 65.7 Å². The molecule has 2 aliphatic heterocycles. The maximum Gasteiger partial charge on any atom is 0.406 e. The highest BCUT2D eigenvalue weighted by atomic mass is 19.4. The van der Waals surface area contributed by atoms with E-state index in [1.165, 1.54) is 11.9 Å². The van der Waals surface area contributed by atoms with Gasteiger partial charge in [-0.15, -0.1) is 0 Å². The molecule has 0 radical (unpaired) electrons. The molecule has 0 bridgehead atoms. The summed E-state index contributed by atoms with van der Waals surface area (Å²) in [4.78, 5) is 28.2. The van der Waals surface area contributed by atoms with Crippen LogP contribution in [0.5, 0.6) is 0 Å². The van der Waals surface area contributed by atoms with E-state index in [1.54, 1.807) is 54.6 Å². The molecule has 0 aliphatic carbocycles. The minimum absolute atomic E-state index is 0.145. The van der Waals surface area contributed by atoms with Crippen molar-refractivity contribution in [3.63, 3.8) is 0 Å². The van der Waals surface area contributed by atoms with Gasteiger partial charge in [-0.25, -0.2) is 0 Å². The molecular formula is C20H17F3N2O2. The Balaban J connectivity index is 1.98. The molecule has 2 heterocycles. The number of fused-ring (bicyclic) bond motifs is 2. The summed E-state index contributed by atoms with van der Waals surface area (Å²) in [6.07, 6.45) is -4.75. The third kappa shape index (κ3) is 2.44. The van der Waals surface area contributed by atoms with Crippen molar-refractivity contribution in [3.8, 4) is 0 Å². The normalized spacial score (nSPS) is 24.8. The van der Waals surface area contributed by atoms with Gasteiger partial charge < -0.3 is 9.80 Å². The predicted octanol–water partition coefficient (Wildman–Crippen LogP) is 3.44. The van der Waals surface area contributed by atoms with E-state index < -0.39 is 36.0 Å². The Hall–Kier alpha value is -2.83. The highest BCUT2D eigenvalue weighted by molar-refractivity contribution is 6.11. The van der Waals surface area contributed by atoms with Crippen LogP contribution in [0.4, 0.5) is 18.9 Å². The largest absolute Gasteiger partial charge is 0.406 e. The topological polar surface area (TPSA) is 40.6 Å². The van der Waals surface area contributed by atoms with Crippen molar-refractivity contribution in [2.45, 2.75) is 24.1 Å². The second-order valence-electron chi connectivity index (χ2n) is 6.91. The van der Waals surface area contributed by atoms with Gasteiger partial charge in [-0.3, -0.25) is 9.59 Å². The van der Waals surface area contributed by atoms with Crippen LogP contribution in [-0.4, -0.2) is 36.5 Å². The maximum absolute atomic E-state index is 13.4. The highest BCUT2D eigenvalue weighted by Gasteiger charge is 2.65. The van der Waals surface area contributed by atoms with Crippen molar-refractivity contribution in [1.82, 2.24) is 4.90 Å². The molecule has 1 saturated heterocycles. The highest BCUT2D eigenvalue weighted by Crippen LogP contribution is 2.57. The predicted molar refractivity (Wildman–Crippen MR) is 93.1 cm³/mol. The Morgan fingerprint density at radius 1 is 1.04 bits per heavy atom. The number of hydrogen-bond acceptors (Lipinski definition) is 2. The first-order valence-electron chi connectivity index (χ1n) is 8.56. The van der Waals surface area contributed by atoms with Crippen molar-refractivity contribution >= 4 is 17.5 Å². The number of likely N-dealkylation sites (N-methyl/N-ethyl adjacent to an activating group) is 1. The second-order valence-corrected chi connectivity index (χ2v) is 6.91. The Morgan fingerprint density at radius 3 is 2.33 bits per heavy atom. The van der Waals surface area contributed by atoms with Gasteiger partial charge in [0.1, 0.15) is 6.54 Å². The number of carbonyl (C=O) groups excluding carboxylic acids is 2. The van der Waals surface area contributed by atoms with E-state index in [2.05, 4.69) is 0 Å². The summed E-state index contributed by atoms with van der Waals surface area (Å²) in [5, 5.41) is 0. The zero-order valence-corrected chi connectivity index (χ0v) is 14.5. The summed E-state index contributed by atoms with van der Waals surface area (Å²) in [6.45, 7) is -1.46. The fraction of sp³-hybridized carbons (Fsp3) is 0.300. The summed E-state index contributed by atoms with van der Waals surface area (Å²) >= 11 is 0. The summed E-state index contributed by atoms with van der Waals surface area (Å²) in [6, 6.07) is 15.6. The summed E-state index contributed by atoms with van der Waals surface area (Å²) in [7, 11) is 1.53. The van der Waals surface area contributed by atoms with E-state index in [9.17, 15) is 22.8 Å². The Labute approximate surface area is 154 Å². The van der Waals surface area contributed by atoms with Crippen molar-refractivity contribution < 1.29 is 22.8 Å². The molecule has 0 unspecified atom stereocenters. The first-order chi connectivity index (χ1) is 12.8. The van der Waals surface area contributed by atoms with Crippen LogP contribution in [0.25, 0.3) is 0 Å². The van der Waals surface area contributed by atoms with Crippen LogP contribution in [0.1, 0.15) is 23.5 Å². The number of alkyl halides is 3. The van der Waals surface area contributed by atoms with Gasteiger partial charge in [-0.05, 0) is 11.6 Å². The van der Waals surface area contributed by atoms with E-state index in [4.69, 9.17) is 0 Å². The fourth-order valence-corrected chi connectivity index (χ4v) is 4.42. The number of halogens is 3. The van der Waals surface area contributed by atoms with Gasteiger partial charge in [0.25, 0.3) is 5.91 Å². The number of carbonyl (C=O) groups is 2. The number of likely N-dealkylation sites (tertiary alicyclic amines) is 1. The molecule has 140 valence electrons. The standard InChI is InChI=1S/C20H17F3N2O2/c1-24-16-10-6-5-9-14(16)20(18(24)27)15(13-7-3-2-4-8-13)11-17(26)25(20)12-19(21,22)23/h2-10,15H,11-12H2,1H3/t15-,20-/m1/s1. The molecule has 0 saturated carbocycles. The molecule has 4 nitrogen and oxygen atoms in total. The van der Waals surface area contributed by atoms with Gasteiger partial charge in [0.2, 0.25) is 5.91 Å². The molecule has 2 atom stereocenters. The molecule has 2 aliphatic rings. The number of hydrogen-bond donors (Lipinski definition) is 0. The van der Waals surface area contributed by atoms with Gasteiger partial charge >= 0.3 is 6.18 Å². The first-order valence-corrected chi connectivity index (χ1v) is 8.56. The van der Waals surface area contributed by atoms with Gasteiger partial charge in [0, 0.05) is 30.6 Å². The molecule has 27 heavy (non-hydrogen) atoms. The zero-order valence-electron chi connectivity index (χ0n) is 14.5. The molecule has 7 heteroatoms. The third-order valence-electron chi connectivity index (χ3n) is 5.46.